The Labute approximate surface area is 190 Å². The largest absolute Gasteiger partial charge is 0.496 e. The summed E-state index contributed by atoms with van der Waals surface area (Å²) in [4.78, 5) is 16.0. The van der Waals surface area contributed by atoms with Crippen LogP contribution in [0.4, 0.5) is 5.69 Å². The van der Waals surface area contributed by atoms with Crippen molar-refractivity contribution >= 4 is 33.9 Å². The van der Waals surface area contributed by atoms with Crippen molar-refractivity contribution in [1.29, 1.82) is 0 Å². The summed E-state index contributed by atoms with van der Waals surface area (Å²) in [5, 5.41) is 5.91. The van der Waals surface area contributed by atoms with Gasteiger partial charge in [0.2, 0.25) is 0 Å². The number of thiophene rings is 1. The average molecular weight is 449 g/mol. The number of nitrogens with zero attached hydrogens (tertiary/aromatic N) is 1. The first-order valence-electron chi connectivity index (χ1n) is 10.6. The van der Waals surface area contributed by atoms with E-state index in [0.29, 0.717) is 29.5 Å². The standard InChI is InChI=1S/C25H24N2O4S/c1-29-19-9-4-3-8-18(19)23(27-12-14-30-15-13-27)24-22(17-7-2-5-10-20(17)31-24)26-25(28)21-11-6-16-32-21/h2-11,16,23H,12-15H2,1H3,(H,26,28)/t23-/m0/s1. The lowest BCUT2D eigenvalue weighted by molar-refractivity contribution is 0.0202. The van der Waals surface area contributed by atoms with E-state index in [0.717, 1.165) is 35.4 Å². The molecule has 7 heteroatoms. The third-order valence-corrected chi connectivity index (χ3v) is 6.57. The van der Waals surface area contributed by atoms with E-state index in [1.807, 2.05) is 60.0 Å². The molecule has 0 radical (unpaired) electrons. The number of amides is 1. The molecule has 5 rings (SSSR count). The number of rotatable bonds is 6. The summed E-state index contributed by atoms with van der Waals surface area (Å²) in [7, 11) is 1.67. The van der Waals surface area contributed by atoms with Gasteiger partial charge in [-0.2, -0.15) is 0 Å². The Balaban J connectivity index is 1.67. The molecule has 0 aliphatic carbocycles. The van der Waals surface area contributed by atoms with Crippen molar-refractivity contribution in [3.05, 3.63) is 82.2 Å². The Morgan fingerprint density at radius 2 is 1.84 bits per heavy atom. The van der Waals surface area contributed by atoms with Crippen molar-refractivity contribution in [3.63, 3.8) is 0 Å². The molecule has 1 atom stereocenters. The lowest BCUT2D eigenvalue weighted by Gasteiger charge is -2.34. The van der Waals surface area contributed by atoms with E-state index in [4.69, 9.17) is 13.9 Å². The van der Waals surface area contributed by atoms with Gasteiger partial charge in [-0.1, -0.05) is 36.4 Å². The maximum Gasteiger partial charge on any atom is 0.265 e. The molecule has 1 fully saturated rings. The first-order chi connectivity index (χ1) is 15.8. The molecule has 1 saturated heterocycles. The number of benzene rings is 2. The van der Waals surface area contributed by atoms with Gasteiger partial charge >= 0.3 is 0 Å². The van der Waals surface area contributed by atoms with Crippen molar-refractivity contribution in [2.75, 3.05) is 38.7 Å². The number of ether oxygens (including phenoxy) is 2. The second-order valence-corrected chi connectivity index (χ2v) is 8.51. The van der Waals surface area contributed by atoms with Crippen molar-refractivity contribution in [1.82, 2.24) is 4.90 Å². The van der Waals surface area contributed by atoms with Gasteiger partial charge in [-0.3, -0.25) is 9.69 Å². The number of para-hydroxylation sites is 2. The molecular weight excluding hydrogens is 424 g/mol. The predicted octanol–water partition coefficient (Wildman–Crippen LogP) is 5.18. The summed E-state index contributed by atoms with van der Waals surface area (Å²) in [6, 6.07) is 19.2. The molecule has 1 amide bonds. The molecule has 1 N–H and O–H groups in total. The highest BCUT2D eigenvalue weighted by atomic mass is 32.1. The molecule has 3 heterocycles. The number of furan rings is 1. The number of carbonyl (C=O) groups excluding carboxylic acids is 1. The van der Waals surface area contributed by atoms with Crippen LogP contribution in [0.15, 0.2) is 70.5 Å². The molecule has 32 heavy (non-hydrogen) atoms. The molecule has 0 saturated carbocycles. The van der Waals surface area contributed by atoms with E-state index in [-0.39, 0.29) is 11.9 Å². The van der Waals surface area contributed by atoms with Gasteiger partial charge in [0.05, 0.1) is 36.9 Å². The number of nitrogens with one attached hydrogen (secondary N) is 1. The quantitative estimate of drug-likeness (QED) is 0.441. The summed E-state index contributed by atoms with van der Waals surface area (Å²) >= 11 is 1.41. The molecule has 6 nitrogen and oxygen atoms in total. The van der Waals surface area contributed by atoms with Crippen LogP contribution in [0.3, 0.4) is 0 Å². The van der Waals surface area contributed by atoms with Gasteiger partial charge in [-0.25, -0.2) is 0 Å². The molecule has 1 aliphatic heterocycles. The van der Waals surface area contributed by atoms with E-state index in [2.05, 4.69) is 16.3 Å². The van der Waals surface area contributed by atoms with Crippen molar-refractivity contribution < 1.29 is 18.7 Å². The number of hydrogen-bond acceptors (Lipinski definition) is 6. The van der Waals surface area contributed by atoms with E-state index in [1.165, 1.54) is 11.3 Å². The van der Waals surface area contributed by atoms with Crippen molar-refractivity contribution in [2.45, 2.75) is 6.04 Å². The Bertz CT molecular complexity index is 1210. The third-order valence-electron chi connectivity index (χ3n) is 5.70. The Morgan fingerprint density at radius 1 is 1.06 bits per heavy atom. The third kappa shape index (κ3) is 3.90. The molecule has 1 aliphatic rings. The van der Waals surface area contributed by atoms with E-state index in [1.54, 1.807) is 7.11 Å². The van der Waals surface area contributed by atoms with Gasteiger partial charge in [0.25, 0.3) is 5.91 Å². The SMILES string of the molecule is COc1ccccc1[C@@H](c1oc2ccccc2c1NC(=O)c1cccs1)N1CCOCC1. The molecule has 4 aromatic rings. The fraction of sp³-hybridized carbons (Fsp3) is 0.240. The lowest BCUT2D eigenvalue weighted by atomic mass is 9.99. The zero-order chi connectivity index (χ0) is 21.9. The Hall–Kier alpha value is -3.13. The summed E-state index contributed by atoms with van der Waals surface area (Å²) in [6.45, 7) is 2.78. The average Bonchev–Trinajstić information content (AvgIpc) is 3.50. The van der Waals surface area contributed by atoms with Crippen molar-refractivity contribution in [2.24, 2.45) is 0 Å². The number of carbonyl (C=O) groups is 1. The molecule has 2 aromatic heterocycles. The number of fused-ring (bicyclic) bond motifs is 1. The summed E-state index contributed by atoms with van der Waals surface area (Å²) in [5.41, 5.74) is 2.42. The molecular formula is C25H24N2O4S. The number of anilines is 1. The fourth-order valence-electron chi connectivity index (χ4n) is 4.20. The van der Waals surface area contributed by atoms with Gasteiger partial charge < -0.3 is 19.2 Å². The van der Waals surface area contributed by atoms with Gasteiger partial charge in [-0.15, -0.1) is 11.3 Å². The normalized spacial score (nSPS) is 15.5. The Kier molecular flexibility index (Phi) is 5.94. The fourth-order valence-corrected chi connectivity index (χ4v) is 4.82. The maximum absolute atomic E-state index is 13.0. The highest BCUT2D eigenvalue weighted by Crippen LogP contribution is 2.43. The first kappa shape index (κ1) is 20.8. The topological polar surface area (TPSA) is 63.9 Å². The molecule has 0 unspecified atom stereocenters. The van der Waals surface area contributed by atoms with Gasteiger partial charge in [-0.05, 0) is 29.6 Å². The molecule has 0 bridgehead atoms. The van der Waals surface area contributed by atoms with E-state index < -0.39 is 0 Å². The van der Waals surface area contributed by atoms with Crippen LogP contribution in [0.5, 0.6) is 5.75 Å². The van der Waals surface area contributed by atoms with Crippen LogP contribution in [0, 0.1) is 0 Å². The highest BCUT2D eigenvalue weighted by molar-refractivity contribution is 7.12. The minimum Gasteiger partial charge on any atom is -0.496 e. The van der Waals surface area contributed by atoms with Crippen molar-refractivity contribution in [3.8, 4) is 5.75 Å². The van der Waals surface area contributed by atoms with Crippen LogP contribution >= 0.6 is 11.3 Å². The maximum atomic E-state index is 13.0. The van der Waals surface area contributed by atoms with E-state index in [9.17, 15) is 4.79 Å². The Morgan fingerprint density at radius 3 is 2.62 bits per heavy atom. The number of hydrogen-bond donors (Lipinski definition) is 1. The predicted molar refractivity (Wildman–Crippen MR) is 126 cm³/mol. The second kappa shape index (κ2) is 9.16. The summed E-state index contributed by atoms with van der Waals surface area (Å²) in [5.74, 6) is 1.33. The molecule has 164 valence electrons. The van der Waals surface area contributed by atoms with Crippen LogP contribution in [-0.2, 0) is 4.74 Å². The second-order valence-electron chi connectivity index (χ2n) is 7.56. The van der Waals surface area contributed by atoms with Gasteiger partial charge in [0.1, 0.15) is 11.3 Å². The van der Waals surface area contributed by atoms with Crippen LogP contribution < -0.4 is 10.1 Å². The van der Waals surface area contributed by atoms with Crippen LogP contribution in [-0.4, -0.2) is 44.2 Å². The lowest BCUT2D eigenvalue weighted by Crippen LogP contribution is -2.39. The summed E-state index contributed by atoms with van der Waals surface area (Å²) in [6.07, 6.45) is 0. The highest BCUT2D eigenvalue weighted by Gasteiger charge is 2.33. The van der Waals surface area contributed by atoms with E-state index >= 15 is 0 Å². The first-order valence-corrected chi connectivity index (χ1v) is 11.4. The number of morpholine rings is 1. The zero-order valence-corrected chi connectivity index (χ0v) is 18.6. The monoisotopic (exact) mass is 448 g/mol. The van der Waals surface area contributed by atoms with Crippen LogP contribution in [0.2, 0.25) is 0 Å². The van der Waals surface area contributed by atoms with Crippen LogP contribution in [0.25, 0.3) is 11.0 Å². The minimum atomic E-state index is -0.235. The van der Waals surface area contributed by atoms with Gasteiger partial charge in [0, 0.05) is 24.0 Å². The minimum absolute atomic E-state index is 0.145. The summed E-state index contributed by atoms with van der Waals surface area (Å²) < 4.78 is 17.8. The zero-order valence-electron chi connectivity index (χ0n) is 17.7. The smallest absolute Gasteiger partial charge is 0.265 e. The van der Waals surface area contributed by atoms with Gasteiger partial charge in [0.15, 0.2) is 5.76 Å². The number of methoxy groups -OCH3 is 1. The molecule has 0 spiro atoms. The van der Waals surface area contributed by atoms with Crippen LogP contribution in [0.1, 0.15) is 27.0 Å². The molecule has 2 aromatic carbocycles.